The van der Waals surface area contributed by atoms with Crippen LogP contribution in [0.25, 0.3) is 22.5 Å². The van der Waals surface area contributed by atoms with Crippen molar-refractivity contribution in [1.29, 1.82) is 0 Å². The van der Waals surface area contributed by atoms with Crippen LogP contribution in [0.5, 0.6) is 0 Å². The molecule has 0 spiro atoms. The van der Waals surface area contributed by atoms with Crippen molar-refractivity contribution in [2.45, 2.75) is 6.54 Å². The number of rotatable bonds is 3. The highest BCUT2D eigenvalue weighted by molar-refractivity contribution is 6.17. The Morgan fingerprint density at radius 3 is 2.89 bits per heavy atom. The molecule has 3 aromatic heterocycles. The summed E-state index contributed by atoms with van der Waals surface area (Å²) in [5.41, 5.74) is 6.71. The standard InChI is InChI=1S/C10H9ClFN7/c1-5(12)7-15-9-6-4-14-18(3-2-11)8(6)16-10(13)19(9)17-7/h4H,1-3H2,(H2,13,16). The van der Waals surface area contributed by atoms with Crippen LogP contribution >= 0.6 is 11.6 Å². The molecule has 2 N–H and O–H groups in total. The summed E-state index contributed by atoms with van der Waals surface area (Å²) in [7, 11) is 0. The number of nitrogens with two attached hydrogens (primary N) is 1. The Kier molecular flexibility index (Phi) is 2.59. The van der Waals surface area contributed by atoms with Crippen molar-refractivity contribution >= 4 is 40.1 Å². The van der Waals surface area contributed by atoms with Crippen molar-refractivity contribution in [3.63, 3.8) is 0 Å². The number of hydrogen-bond donors (Lipinski definition) is 1. The highest BCUT2D eigenvalue weighted by Crippen LogP contribution is 2.21. The third-order valence-electron chi connectivity index (χ3n) is 2.64. The number of aryl methyl sites for hydroxylation is 1. The summed E-state index contributed by atoms with van der Waals surface area (Å²) in [5.74, 6) is -0.364. The van der Waals surface area contributed by atoms with Gasteiger partial charge in [0.1, 0.15) is 0 Å². The van der Waals surface area contributed by atoms with Crippen LogP contribution < -0.4 is 5.73 Å². The number of halogens is 2. The maximum atomic E-state index is 13.1. The average Bonchev–Trinajstić information content (AvgIpc) is 2.95. The molecule has 19 heavy (non-hydrogen) atoms. The molecule has 0 fully saturated rings. The van der Waals surface area contributed by atoms with Gasteiger partial charge in [-0.2, -0.15) is 14.6 Å². The second-order valence-electron chi connectivity index (χ2n) is 3.84. The monoisotopic (exact) mass is 281 g/mol. The smallest absolute Gasteiger partial charge is 0.225 e. The summed E-state index contributed by atoms with van der Waals surface area (Å²) in [6, 6.07) is 0. The van der Waals surface area contributed by atoms with E-state index < -0.39 is 5.83 Å². The highest BCUT2D eigenvalue weighted by Gasteiger charge is 2.16. The molecule has 3 rings (SSSR count). The minimum Gasteiger partial charge on any atom is -0.368 e. The largest absolute Gasteiger partial charge is 0.368 e. The van der Waals surface area contributed by atoms with Gasteiger partial charge in [-0.15, -0.1) is 16.7 Å². The summed E-state index contributed by atoms with van der Waals surface area (Å²) in [6.07, 6.45) is 1.57. The SMILES string of the molecule is C=C(F)c1nc2c3cnn(CCCl)c3nc(N)n2n1. The number of nitrogens with zero attached hydrogens (tertiary/aromatic N) is 6. The van der Waals surface area contributed by atoms with Gasteiger partial charge in [0.25, 0.3) is 0 Å². The van der Waals surface area contributed by atoms with Gasteiger partial charge in [0, 0.05) is 5.88 Å². The number of nitrogen functional groups attached to an aromatic ring is 1. The molecule has 98 valence electrons. The quantitative estimate of drug-likeness (QED) is 0.730. The lowest BCUT2D eigenvalue weighted by Gasteiger charge is -2.01. The van der Waals surface area contributed by atoms with Gasteiger partial charge in [-0.1, -0.05) is 6.58 Å². The number of aromatic nitrogens is 6. The highest BCUT2D eigenvalue weighted by atomic mass is 35.5. The normalized spacial score (nSPS) is 11.5. The van der Waals surface area contributed by atoms with E-state index in [1.165, 1.54) is 4.52 Å². The van der Waals surface area contributed by atoms with Gasteiger partial charge < -0.3 is 5.73 Å². The van der Waals surface area contributed by atoms with Crippen LogP contribution in [0, 0.1) is 0 Å². The van der Waals surface area contributed by atoms with Crippen LogP contribution in [0.15, 0.2) is 12.8 Å². The molecule has 0 amide bonds. The van der Waals surface area contributed by atoms with Crippen molar-refractivity contribution in [3.05, 3.63) is 18.6 Å². The van der Waals surface area contributed by atoms with Crippen molar-refractivity contribution in [1.82, 2.24) is 29.4 Å². The Balaban J connectivity index is 2.36. The Morgan fingerprint density at radius 2 is 2.21 bits per heavy atom. The van der Waals surface area contributed by atoms with Crippen molar-refractivity contribution < 1.29 is 4.39 Å². The summed E-state index contributed by atoms with van der Waals surface area (Å²) >= 11 is 5.68. The number of hydrogen-bond acceptors (Lipinski definition) is 5. The fraction of sp³-hybridized carbons (Fsp3) is 0.200. The second-order valence-corrected chi connectivity index (χ2v) is 4.22. The Bertz CT molecular complexity index is 790. The van der Waals surface area contributed by atoms with E-state index >= 15 is 0 Å². The predicted molar refractivity (Wildman–Crippen MR) is 69.3 cm³/mol. The Morgan fingerprint density at radius 1 is 1.42 bits per heavy atom. The maximum Gasteiger partial charge on any atom is 0.225 e. The van der Waals surface area contributed by atoms with Gasteiger partial charge in [-0.25, -0.2) is 14.1 Å². The molecule has 3 aromatic rings. The summed E-state index contributed by atoms with van der Waals surface area (Å²) in [5, 5.41) is 8.67. The van der Waals surface area contributed by atoms with Crippen LogP contribution in [0.4, 0.5) is 10.3 Å². The van der Waals surface area contributed by atoms with Gasteiger partial charge in [0.15, 0.2) is 17.1 Å². The lowest BCUT2D eigenvalue weighted by atomic mass is 10.4. The van der Waals surface area contributed by atoms with Gasteiger partial charge in [0.2, 0.25) is 11.8 Å². The van der Waals surface area contributed by atoms with Crippen LogP contribution in [-0.4, -0.2) is 35.2 Å². The molecular formula is C10H9ClFN7. The van der Waals surface area contributed by atoms with Gasteiger partial charge in [0.05, 0.1) is 18.1 Å². The lowest BCUT2D eigenvalue weighted by molar-refractivity contribution is 0.680. The van der Waals surface area contributed by atoms with E-state index in [1.807, 2.05) is 0 Å². The molecule has 0 saturated carbocycles. The minimum absolute atomic E-state index is 0.0961. The molecule has 0 bridgehead atoms. The predicted octanol–water partition coefficient (Wildman–Crippen LogP) is 1.24. The molecule has 0 saturated heterocycles. The molecule has 0 unspecified atom stereocenters. The number of fused-ring (bicyclic) bond motifs is 3. The maximum absolute atomic E-state index is 13.1. The lowest BCUT2D eigenvalue weighted by Crippen LogP contribution is -2.06. The van der Waals surface area contributed by atoms with E-state index in [1.54, 1.807) is 10.9 Å². The summed E-state index contributed by atoms with van der Waals surface area (Å²) < 4.78 is 16.0. The molecule has 9 heteroatoms. The molecule has 0 aliphatic rings. The van der Waals surface area contributed by atoms with Gasteiger partial charge >= 0.3 is 0 Å². The molecule has 0 aliphatic heterocycles. The van der Waals surface area contributed by atoms with Crippen LogP contribution in [0.3, 0.4) is 0 Å². The molecule has 0 atom stereocenters. The summed E-state index contributed by atoms with van der Waals surface area (Å²) in [4.78, 5) is 8.23. The van der Waals surface area contributed by atoms with Gasteiger partial charge in [-0.05, 0) is 0 Å². The fourth-order valence-corrected chi connectivity index (χ4v) is 1.98. The van der Waals surface area contributed by atoms with E-state index in [2.05, 4.69) is 26.7 Å². The summed E-state index contributed by atoms with van der Waals surface area (Å²) in [6.45, 7) is 3.65. The van der Waals surface area contributed by atoms with Crippen molar-refractivity contribution in [3.8, 4) is 0 Å². The average molecular weight is 282 g/mol. The first kappa shape index (κ1) is 11.8. The van der Waals surface area contributed by atoms with Crippen molar-refractivity contribution in [2.75, 3.05) is 11.6 Å². The Labute approximate surface area is 111 Å². The topological polar surface area (TPSA) is 86.9 Å². The zero-order valence-corrected chi connectivity index (χ0v) is 10.5. The molecule has 7 nitrogen and oxygen atoms in total. The zero-order valence-electron chi connectivity index (χ0n) is 9.72. The molecule has 0 aromatic carbocycles. The van der Waals surface area contributed by atoms with Crippen LogP contribution in [-0.2, 0) is 6.54 Å². The van der Waals surface area contributed by atoms with Crippen LogP contribution in [0.2, 0.25) is 0 Å². The second kappa shape index (κ2) is 4.16. The third-order valence-corrected chi connectivity index (χ3v) is 2.81. The molecular weight excluding hydrogens is 273 g/mol. The van der Waals surface area contributed by atoms with Crippen molar-refractivity contribution in [2.24, 2.45) is 0 Å². The van der Waals surface area contributed by atoms with E-state index in [9.17, 15) is 4.39 Å². The Hall–Kier alpha value is -2.22. The number of alkyl halides is 1. The van der Waals surface area contributed by atoms with E-state index in [0.717, 1.165) is 0 Å². The van der Waals surface area contributed by atoms with Crippen LogP contribution in [0.1, 0.15) is 5.82 Å². The van der Waals surface area contributed by atoms with E-state index in [0.29, 0.717) is 29.1 Å². The minimum atomic E-state index is -0.732. The van der Waals surface area contributed by atoms with E-state index in [-0.39, 0.29) is 11.8 Å². The molecule has 3 heterocycles. The molecule has 0 radical (unpaired) electrons. The van der Waals surface area contributed by atoms with E-state index in [4.69, 9.17) is 17.3 Å². The first-order valence-corrected chi connectivity index (χ1v) is 5.93. The third kappa shape index (κ3) is 1.72. The molecule has 0 aliphatic carbocycles. The number of anilines is 1. The van der Waals surface area contributed by atoms with Gasteiger partial charge in [-0.3, -0.25) is 0 Å². The first-order valence-electron chi connectivity index (χ1n) is 5.40. The first-order chi connectivity index (χ1) is 9.11. The zero-order chi connectivity index (χ0) is 13.6. The fourth-order valence-electron chi connectivity index (χ4n) is 1.82.